The molecule has 0 aromatic heterocycles. The summed E-state index contributed by atoms with van der Waals surface area (Å²) in [5, 5.41) is 9.01. The molecule has 0 radical (unpaired) electrons. The molecule has 0 aliphatic heterocycles. The summed E-state index contributed by atoms with van der Waals surface area (Å²) in [6.07, 6.45) is 1.77. The lowest BCUT2D eigenvalue weighted by Gasteiger charge is -2.30. The van der Waals surface area contributed by atoms with Gasteiger partial charge in [-0.25, -0.2) is 14.4 Å². The second kappa shape index (κ2) is 8.92. The molecule has 0 amide bonds. The molecule has 24 heavy (non-hydrogen) atoms. The molecule has 1 aliphatic carbocycles. The topological polar surface area (TPSA) is 99.1 Å². The Balaban J connectivity index is 2.70. The van der Waals surface area contributed by atoms with Crippen molar-refractivity contribution in [2.75, 3.05) is 6.07 Å². The molecule has 1 fully saturated rings. The number of hydrogen-bond acceptors (Lipinski definition) is 6. The normalized spacial score (nSPS) is 21.8. The smallest absolute Gasteiger partial charge is 0.478 e. The van der Waals surface area contributed by atoms with Crippen LogP contribution in [0.4, 0.5) is 4.79 Å². The Morgan fingerprint density at radius 1 is 1.17 bits per heavy atom. The van der Waals surface area contributed by atoms with E-state index in [2.05, 4.69) is 4.74 Å². The molecule has 0 atom stereocenters. The molecule has 8 heteroatoms. The van der Waals surface area contributed by atoms with Gasteiger partial charge in [0.15, 0.2) is 6.07 Å². The summed E-state index contributed by atoms with van der Waals surface area (Å²) in [6.45, 7) is 5.16. The minimum Gasteiger partial charge on any atom is -0.478 e. The van der Waals surface area contributed by atoms with E-state index in [-0.39, 0.29) is 23.7 Å². The molecule has 1 saturated carbocycles. The summed E-state index contributed by atoms with van der Waals surface area (Å²) in [5.74, 6) is -2.07. The Kier molecular flexibility index (Phi) is 7.54. The van der Waals surface area contributed by atoms with Gasteiger partial charge in [-0.2, -0.15) is 0 Å². The first-order valence-corrected chi connectivity index (χ1v) is 8.23. The Bertz CT molecular complexity index is 499. The number of esters is 1. The summed E-state index contributed by atoms with van der Waals surface area (Å²) >= 11 is 5.28. The van der Waals surface area contributed by atoms with Crippen molar-refractivity contribution < 1.29 is 33.7 Å². The largest absolute Gasteiger partial charge is 0.509 e. The van der Waals surface area contributed by atoms with E-state index in [0.29, 0.717) is 25.7 Å². The summed E-state index contributed by atoms with van der Waals surface area (Å²) in [5.41, 5.74) is -0.570. The monoisotopic (exact) mass is 362 g/mol. The molecule has 0 spiro atoms. The fourth-order valence-corrected chi connectivity index (χ4v) is 2.61. The molecule has 1 rings (SSSR count). The van der Waals surface area contributed by atoms with E-state index in [1.165, 1.54) is 0 Å². The summed E-state index contributed by atoms with van der Waals surface area (Å²) < 4.78 is 14.9. The third-order valence-electron chi connectivity index (χ3n) is 3.46. The van der Waals surface area contributed by atoms with Crippen LogP contribution in [0.1, 0.15) is 46.5 Å². The van der Waals surface area contributed by atoms with Crippen molar-refractivity contribution >= 4 is 29.7 Å². The van der Waals surface area contributed by atoms with Crippen LogP contribution in [0.25, 0.3) is 0 Å². The minimum absolute atomic E-state index is 0.138. The number of alkyl halides is 1. The Morgan fingerprint density at radius 3 is 2.21 bits per heavy atom. The second-order valence-electron chi connectivity index (χ2n) is 6.53. The first-order chi connectivity index (χ1) is 11.1. The number of carboxylic acid groups (broad SMARTS) is 1. The predicted molar refractivity (Wildman–Crippen MR) is 85.6 cm³/mol. The van der Waals surface area contributed by atoms with Crippen LogP contribution in [0, 0.1) is 5.92 Å². The van der Waals surface area contributed by atoms with E-state index in [1.807, 2.05) is 0 Å². The van der Waals surface area contributed by atoms with Crippen LogP contribution < -0.4 is 0 Å². The van der Waals surface area contributed by atoms with E-state index >= 15 is 0 Å². The van der Waals surface area contributed by atoms with Crippen LogP contribution in [-0.2, 0) is 23.8 Å². The zero-order chi connectivity index (χ0) is 18.3. The van der Waals surface area contributed by atoms with Crippen molar-refractivity contribution in [2.45, 2.75) is 58.2 Å². The summed E-state index contributed by atoms with van der Waals surface area (Å²) in [6, 6.07) is -0.279. The van der Waals surface area contributed by atoms with Gasteiger partial charge >= 0.3 is 18.1 Å². The van der Waals surface area contributed by atoms with Crippen molar-refractivity contribution in [3.8, 4) is 0 Å². The van der Waals surface area contributed by atoms with Gasteiger partial charge in [-0.15, -0.1) is 0 Å². The molecule has 136 valence electrons. The van der Waals surface area contributed by atoms with Crippen molar-refractivity contribution in [3.63, 3.8) is 0 Å². The van der Waals surface area contributed by atoms with Gasteiger partial charge < -0.3 is 19.3 Å². The van der Waals surface area contributed by atoms with Crippen molar-refractivity contribution in [1.82, 2.24) is 0 Å². The molecule has 0 heterocycles. The number of rotatable bonds is 5. The Morgan fingerprint density at radius 2 is 1.75 bits per heavy atom. The molecule has 7 nitrogen and oxygen atoms in total. The highest BCUT2D eigenvalue weighted by Crippen LogP contribution is 2.33. The molecule has 1 N–H and O–H groups in total. The molecule has 0 unspecified atom stereocenters. The molecular weight excluding hydrogens is 340 g/mol. The first kappa shape index (κ1) is 20.3. The first-order valence-electron chi connectivity index (χ1n) is 7.69. The molecular formula is C16H23ClO7. The van der Waals surface area contributed by atoms with Crippen molar-refractivity contribution in [2.24, 2.45) is 5.92 Å². The van der Waals surface area contributed by atoms with Crippen LogP contribution in [-0.4, -0.2) is 41.0 Å². The van der Waals surface area contributed by atoms with Gasteiger partial charge in [-0.3, -0.25) is 0 Å². The van der Waals surface area contributed by atoms with E-state index in [9.17, 15) is 14.4 Å². The van der Waals surface area contributed by atoms with Crippen LogP contribution in [0.2, 0.25) is 0 Å². The number of hydrogen-bond donors (Lipinski definition) is 1. The Hall–Kier alpha value is -1.76. The van der Waals surface area contributed by atoms with E-state index in [1.54, 1.807) is 20.8 Å². The SMILES string of the molecule is CC(C)(C)OC(=O)/C(=C/C(=O)O)C1CCC(OC(=O)OCCl)CC1. The van der Waals surface area contributed by atoms with E-state index in [0.717, 1.165) is 6.08 Å². The average Bonchev–Trinajstić information content (AvgIpc) is 2.44. The Labute approximate surface area is 145 Å². The van der Waals surface area contributed by atoms with E-state index < -0.39 is 23.7 Å². The van der Waals surface area contributed by atoms with Gasteiger partial charge in [0.05, 0.1) is 0 Å². The zero-order valence-corrected chi connectivity index (χ0v) is 14.8. The quantitative estimate of drug-likeness (QED) is 0.455. The van der Waals surface area contributed by atoms with Gasteiger partial charge in [0.25, 0.3) is 0 Å². The van der Waals surface area contributed by atoms with E-state index in [4.69, 9.17) is 26.2 Å². The van der Waals surface area contributed by atoms with Gasteiger partial charge in [0, 0.05) is 11.6 Å². The molecule has 1 aliphatic rings. The molecule has 0 saturated heterocycles. The third kappa shape index (κ3) is 7.21. The van der Waals surface area contributed by atoms with Crippen LogP contribution in [0.15, 0.2) is 11.6 Å². The summed E-state index contributed by atoms with van der Waals surface area (Å²) in [7, 11) is 0. The lowest BCUT2D eigenvalue weighted by molar-refractivity contribution is -0.151. The number of carbonyl (C=O) groups excluding carboxylic acids is 2. The standard InChI is InChI=1S/C16H23ClO7/c1-16(2,3)24-14(20)12(8-13(18)19)10-4-6-11(7-5-10)23-15(21)22-9-17/h8,10-11H,4-7,9H2,1-3H3,(H,18,19)/b12-8+. The predicted octanol–water partition coefficient (Wildman–Crippen LogP) is 3.25. The lowest BCUT2D eigenvalue weighted by atomic mass is 9.82. The van der Waals surface area contributed by atoms with Crippen LogP contribution in [0.3, 0.4) is 0 Å². The van der Waals surface area contributed by atoms with Crippen molar-refractivity contribution in [3.05, 3.63) is 11.6 Å². The highest BCUT2D eigenvalue weighted by Gasteiger charge is 2.32. The van der Waals surface area contributed by atoms with Gasteiger partial charge in [-0.05, 0) is 52.4 Å². The molecule has 0 bridgehead atoms. The third-order valence-corrected chi connectivity index (χ3v) is 3.57. The number of ether oxygens (including phenoxy) is 3. The number of carboxylic acids is 1. The fourth-order valence-electron chi connectivity index (χ4n) is 2.52. The highest BCUT2D eigenvalue weighted by atomic mass is 35.5. The van der Waals surface area contributed by atoms with Crippen LogP contribution in [0.5, 0.6) is 0 Å². The highest BCUT2D eigenvalue weighted by molar-refractivity contribution is 6.17. The average molecular weight is 363 g/mol. The number of halogens is 1. The fraction of sp³-hybridized carbons (Fsp3) is 0.688. The maximum Gasteiger partial charge on any atom is 0.509 e. The van der Waals surface area contributed by atoms with Gasteiger partial charge in [0.2, 0.25) is 0 Å². The molecule has 0 aromatic carbocycles. The van der Waals surface area contributed by atoms with Crippen LogP contribution >= 0.6 is 11.6 Å². The summed E-state index contributed by atoms with van der Waals surface area (Å²) in [4.78, 5) is 34.5. The number of carbonyl (C=O) groups is 3. The zero-order valence-electron chi connectivity index (χ0n) is 14.0. The lowest BCUT2D eigenvalue weighted by Crippen LogP contribution is -2.31. The maximum atomic E-state index is 12.3. The van der Waals surface area contributed by atoms with Gasteiger partial charge in [-0.1, -0.05) is 11.6 Å². The second-order valence-corrected chi connectivity index (χ2v) is 6.75. The van der Waals surface area contributed by atoms with Crippen molar-refractivity contribution in [1.29, 1.82) is 0 Å². The van der Waals surface area contributed by atoms with Gasteiger partial charge in [0.1, 0.15) is 11.7 Å². The maximum absolute atomic E-state index is 12.3. The number of aliphatic carboxylic acids is 1. The minimum atomic E-state index is -1.19. The molecule has 0 aromatic rings.